The van der Waals surface area contributed by atoms with Crippen LogP contribution in [0.3, 0.4) is 0 Å². The van der Waals surface area contributed by atoms with Gasteiger partial charge in [0.25, 0.3) is 0 Å². The van der Waals surface area contributed by atoms with Crippen LogP contribution in [0.5, 0.6) is 0 Å². The van der Waals surface area contributed by atoms with Gasteiger partial charge in [-0.05, 0) is 0 Å². The van der Waals surface area contributed by atoms with E-state index in [9.17, 15) is 0 Å². The fraction of sp³-hybridized carbons (Fsp3) is 0.667. The summed E-state index contributed by atoms with van der Waals surface area (Å²) in [6.07, 6.45) is 2.69. The molecule has 6 heteroatoms. The lowest BCUT2D eigenvalue weighted by Crippen LogP contribution is -2.40. The van der Waals surface area contributed by atoms with E-state index < -0.39 is 0 Å². The smallest absolute Gasteiger partial charge is 0.0794 e. The molecule has 5 nitrogen and oxygen atoms in total. The Bertz CT molecular complexity index is 244. The van der Waals surface area contributed by atoms with Crippen LogP contribution < -0.4 is 11.3 Å². The monoisotopic (exact) mass is 231 g/mol. The molecule has 15 heavy (non-hydrogen) atoms. The summed E-state index contributed by atoms with van der Waals surface area (Å²) in [6, 6.07) is 0.127. The predicted molar refractivity (Wildman–Crippen MR) is 59.6 cm³/mol. The number of thiazole rings is 1. The molecule has 1 heterocycles. The second-order valence-electron chi connectivity index (χ2n) is 3.10. The third-order valence-electron chi connectivity index (χ3n) is 1.92. The van der Waals surface area contributed by atoms with Gasteiger partial charge in [0.15, 0.2) is 0 Å². The van der Waals surface area contributed by atoms with Crippen LogP contribution in [0.25, 0.3) is 0 Å². The Morgan fingerprint density at radius 3 is 3.07 bits per heavy atom. The first kappa shape index (κ1) is 12.5. The first-order valence-corrected chi connectivity index (χ1v) is 5.65. The molecular weight excluding hydrogens is 214 g/mol. The number of ether oxygens (including phenoxy) is 2. The molecule has 0 aliphatic carbocycles. The van der Waals surface area contributed by atoms with E-state index in [2.05, 4.69) is 10.4 Å². The molecule has 0 saturated carbocycles. The standard InChI is InChI=1S/C9H17N3O2S/c1-13-2-3-14-6-8(12-10)4-9-5-11-7-15-9/h5,7-8,12H,2-4,6,10H2,1H3. The van der Waals surface area contributed by atoms with Crippen LogP contribution in [0.1, 0.15) is 4.88 Å². The quantitative estimate of drug-likeness (QED) is 0.379. The van der Waals surface area contributed by atoms with Gasteiger partial charge in [-0.15, -0.1) is 11.3 Å². The molecule has 1 atom stereocenters. The van der Waals surface area contributed by atoms with Gasteiger partial charge in [0.05, 0.1) is 25.3 Å². The van der Waals surface area contributed by atoms with Crippen LogP contribution in [0, 0.1) is 0 Å². The molecule has 1 aromatic heterocycles. The highest BCUT2D eigenvalue weighted by Crippen LogP contribution is 2.08. The molecule has 0 saturated heterocycles. The predicted octanol–water partition coefficient (Wildman–Crippen LogP) is 0.181. The average Bonchev–Trinajstić information content (AvgIpc) is 2.75. The van der Waals surface area contributed by atoms with E-state index >= 15 is 0 Å². The second-order valence-corrected chi connectivity index (χ2v) is 4.07. The summed E-state index contributed by atoms with van der Waals surface area (Å²) in [5, 5.41) is 0. The van der Waals surface area contributed by atoms with Crippen molar-refractivity contribution in [3.8, 4) is 0 Å². The Balaban J connectivity index is 2.18. The molecule has 0 spiro atoms. The number of methoxy groups -OCH3 is 1. The Kier molecular flexibility index (Phi) is 6.45. The molecule has 0 aliphatic heterocycles. The summed E-state index contributed by atoms with van der Waals surface area (Å²) < 4.78 is 10.3. The lowest BCUT2D eigenvalue weighted by Gasteiger charge is -2.14. The molecule has 0 amide bonds. The van der Waals surface area contributed by atoms with Crippen LogP contribution in [-0.2, 0) is 15.9 Å². The third kappa shape index (κ3) is 5.19. The fourth-order valence-corrected chi connectivity index (χ4v) is 1.80. The van der Waals surface area contributed by atoms with Gasteiger partial charge in [-0.2, -0.15) is 0 Å². The van der Waals surface area contributed by atoms with Crippen molar-refractivity contribution in [1.82, 2.24) is 10.4 Å². The van der Waals surface area contributed by atoms with Crippen molar-refractivity contribution >= 4 is 11.3 Å². The molecule has 0 bridgehead atoms. The van der Waals surface area contributed by atoms with Crippen LogP contribution in [0.15, 0.2) is 11.7 Å². The molecule has 0 aliphatic rings. The number of rotatable bonds is 8. The minimum atomic E-state index is 0.127. The fourth-order valence-electron chi connectivity index (χ4n) is 1.12. The lowest BCUT2D eigenvalue weighted by molar-refractivity contribution is 0.0588. The summed E-state index contributed by atoms with van der Waals surface area (Å²) in [5.74, 6) is 5.43. The minimum Gasteiger partial charge on any atom is -0.382 e. The van der Waals surface area contributed by atoms with E-state index in [-0.39, 0.29) is 6.04 Å². The Morgan fingerprint density at radius 2 is 2.47 bits per heavy atom. The van der Waals surface area contributed by atoms with E-state index in [0.29, 0.717) is 19.8 Å². The van der Waals surface area contributed by atoms with E-state index in [1.54, 1.807) is 18.4 Å². The van der Waals surface area contributed by atoms with Gasteiger partial charge in [0.2, 0.25) is 0 Å². The largest absolute Gasteiger partial charge is 0.382 e. The Hall–Kier alpha value is -0.530. The number of hydrogen-bond donors (Lipinski definition) is 2. The summed E-state index contributed by atoms with van der Waals surface area (Å²) in [6.45, 7) is 1.78. The van der Waals surface area contributed by atoms with Gasteiger partial charge in [0, 0.05) is 30.6 Å². The molecule has 1 rings (SSSR count). The van der Waals surface area contributed by atoms with Crippen LogP contribution in [0.4, 0.5) is 0 Å². The molecule has 3 N–H and O–H groups in total. The van der Waals surface area contributed by atoms with Crippen LogP contribution >= 0.6 is 11.3 Å². The average molecular weight is 231 g/mol. The van der Waals surface area contributed by atoms with Gasteiger partial charge in [0.1, 0.15) is 0 Å². The molecule has 86 valence electrons. The van der Waals surface area contributed by atoms with Gasteiger partial charge in [-0.1, -0.05) is 0 Å². The van der Waals surface area contributed by atoms with Crippen LogP contribution in [-0.4, -0.2) is 38.0 Å². The summed E-state index contributed by atoms with van der Waals surface area (Å²) in [7, 11) is 1.65. The van der Waals surface area contributed by atoms with Crippen molar-refractivity contribution in [2.24, 2.45) is 5.84 Å². The highest BCUT2D eigenvalue weighted by Gasteiger charge is 2.08. The topological polar surface area (TPSA) is 69.4 Å². The van der Waals surface area contributed by atoms with Gasteiger partial charge in [-0.3, -0.25) is 16.3 Å². The molecular formula is C9H17N3O2S. The van der Waals surface area contributed by atoms with E-state index in [1.165, 1.54) is 4.88 Å². The minimum absolute atomic E-state index is 0.127. The van der Waals surface area contributed by atoms with Crippen molar-refractivity contribution in [3.63, 3.8) is 0 Å². The van der Waals surface area contributed by atoms with Gasteiger partial charge < -0.3 is 9.47 Å². The molecule has 1 unspecified atom stereocenters. The van der Waals surface area contributed by atoms with Crippen molar-refractivity contribution in [3.05, 3.63) is 16.6 Å². The molecule has 0 aromatic carbocycles. The number of nitrogens with zero attached hydrogens (tertiary/aromatic N) is 1. The maximum atomic E-state index is 5.43. The number of nitrogens with two attached hydrogens (primary N) is 1. The summed E-state index contributed by atoms with van der Waals surface area (Å²) in [5.41, 5.74) is 4.54. The first-order valence-electron chi connectivity index (χ1n) is 4.77. The maximum Gasteiger partial charge on any atom is 0.0794 e. The zero-order valence-electron chi connectivity index (χ0n) is 8.81. The van der Waals surface area contributed by atoms with Gasteiger partial charge in [-0.25, -0.2) is 0 Å². The van der Waals surface area contributed by atoms with Crippen molar-refractivity contribution in [1.29, 1.82) is 0 Å². The normalized spacial score (nSPS) is 12.9. The zero-order valence-corrected chi connectivity index (χ0v) is 9.63. The zero-order chi connectivity index (χ0) is 10.9. The molecule has 1 aromatic rings. The van der Waals surface area contributed by atoms with E-state index in [1.807, 2.05) is 11.7 Å². The Labute approximate surface area is 93.6 Å². The first-order chi connectivity index (χ1) is 7.36. The lowest BCUT2D eigenvalue weighted by atomic mass is 10.2. The molecule has 0 radical (unpaired) electrons. The van der Waals surface area contributed by atoms with Gasteiger partial charge >= 0.3 is 0 Å². The maximum absolute atomic E-state index is 5.43. The van der Waals surface area contributed by atoms with Crippen molar-refractivity contribution in [2.75, 3.05) is 26.9 Å². The third-order valence-corrected chi connectivity index (χ3v) is 2.72. The number of hydrogen-bond acceptors (Lipinski definition) is 6. The summed E-state index contributed by atoms with van der Waals surface area (Å²) >= 11 is 1.62. The number of nitrogens with one attached hydrogen (secondary N) is 1. The highest BCUT2D eigenvalue weighted by atomic mass is 32.1. The van der Waals surface area contributed by atoms with E-state index in [4.69, 9.17) is 15.3 Å². The Morgan fingerprint density at radius 1 is 1.60 bits per heavy atom. The number of hydrazine groups is 1. The summed E-state index contributed by atoms with van der Waals surface area (Å²) in [4.78, 5) is 5.21. The van der Waals surface area contributed by atoms with Crippen LogP contribution in [0.2, 0.25) is 0 Å². The second kappa shape index (κ2) is 7.72. The van der Waals surface area contributed by atoms with Crippen molar-refractivity contribution in [2.45, 2.75) is 12.5 Å². The van der Waals surface area contributed by atoms with Crippen molar-refractivity contribution < 1.29 is 9.47 Å². The highest BCUT2D eigenvalue weighted by molar-refractivity contribution is 7.09. The van der Waals surface area contributed by atoms with E-state index in [0.717, 1.165) is 6.42 Å². The molecule has 0 fully saturated rings. The number of aromatic nitrogens is 1. The SMILES string of the molecule is COCCOCC(Cc1cncs1)NN.